The van der Waals surface area contributed by atoms with Crippen LogP contribution in [0.25, 0.3) is 22.2 Å². The van der Waals surface area contributed by atoms with Gasteiger partial charge in [0.05, 0.1) is 0 Å². The van der Waals surface area contributed by atoms with E-state index in [0.29, 0.717) is 22.2 Å². The number of hydrogen-bond acceptors (Lipinski definition) is 8. The molecule has 0 radical (unpaired) electrons. The maximum Gasteiger partial charge on any atom is 0.419 e. The predicted octanol–water partition coefficient (Wildman–Crippen LogP) is 4.77. The van der Waals surface area contributed by atoms with Crippen molar-refractivity contribution in [3.05, 3.63) is 82.8 Å². The number of aromatic nitrogens is 5. The minimum absolute atomic E-state index is 0.0151. The van der Waals surface area contributed by atoms with Crippen LogP contribution in [0.4, 0.5) is 26.6 Å². The lowest BCUT2D eigenvalue weighted by Crippen LogP contribution is -2.21. The molecule has 5 aromatic rings. The standard InChI is InChI=1S/C24H16BrFN8O3/c25-18-4-2-1-3-15(18)16-9-12-10-28-23(30-14-7-5-13(26)6-8-14)32-20(12)31-22(16)37-24(36)33-21-17(19(27)35)11-29-34-21/h1-11H,(H2,27,35)(H,28,30,31,32)(H2,29,33,34,36). The van der Waals surface area contributed by atoms with Gasteiger partial charge in [0.25, 0.3) is 5.91 Å². The number of pyridine rings is 1. The number of nitrogens with zero attached hydrogens (tertiary/aromatic N) is 4. The lowest BCUT2D eigenvalue weighted by Gasteiger charge is -2.13. The van der Waals surface area contributed by atoms with Gasteiger partial charge in [-0.3, -0.25) is 15.2 Å². The molecule has 0 spiro atoms. The maximum absolute atomic E-state index is 13.2. The zero-order valence-electron chi connectivity index (χ0n) is 18.7. The molecular formula is C24H16BrFN8O3. The molecule has 0 unspecified atom stereocenters. The molecule has 3 heterocycles. The summed E-state index contributed by atoms with van der Waals surface area (Å²) in [5.41, 5.74) is 7.27. The van der Waals surface area contributed by atoms with Crippen molar-refractivity contribution in [1.82, 2.24) is 25.1 Å². The summed E-state index contributed by atoms with van der Waals surface area (Å²) in [7, 11) is 0. The van der Waals surface area contributed by atoms with E-state index in [0.717, 1.165) is 4.47 Å². The molecule has 0 aliphatic rings. The first-order valence-electron chi connectivity index (χ1n) is 10.6. The monoisotopic (exact) mass is 562 g/mol. The molecule has 2 aromatic carbocycles. The Kier molecular flexibility index (Phi) is 6.43. The fourth-order valence-electron chi connectivity index (χ4n) is 3.40. The van der Waals surface area contributed by atoms with Crippen molar-refractivity contribution in [2.45, 2.75) is 0 Å². The molecule has 13 heteroatoms. The zero-order valence-corrected chi connectivity index (χ0v) is 20.3. The Labute approximate surface area is 216 Å². The zero-order chi connectivity index (χ0) is 25.9. The summed E-state index contributed by atoms with van der Waals surface area (Å²) in [6.07, 6.45) is 1.87. The number of amides is 2. The number of hydrogen-bond donors (Lipinski definition) is 4. The van der Waals surface area contributed by atoms with Gasteiger partial charge < -0.3 is 15.8 Å². The first-order chi connectivity index (χ1) is 17.9. The number of rotatable bonds is 6. The van der Waals surface area contributed by atoms with E-state index in [1.165, 1.54) is 18.3 Å². The molecular weight excluding hydrogens is 547 g/mol. The Balaban J connectivity index is 1.52. The Morgan fingerprint density at radius 1 is 1.05 bits per heavy atom. The van der Waals surface area contributed by atoms with Crippen LogP contribution in [-0.4, -0.2) is 37.1 Å². The summed E-state index contributed by atoms with van der Waals surface area (Å²) in [6.45, 7) is 0. The van der Waals surface area contributed by atoms with Gasteiger partial charge in [0.15, 0.2) is 11.5 Å². The third-order valence-corrected chi connectivity index (χ3v) is 5.81. The van der Waals surface area contributed by atoms with E-state index in [2.05, 4.69) is 51.7 Å². The highest BCUT2D eigenvalue weighted by Crippen LogP contribution is 2.36. The number of nitrogens with one attached hydrogen (secondary N) is 3. The Hall–Kier alpha value is -4.91. The minimum Gasteiger partial charge on any atom is -0.390 e. The first kappa shape index (κ1) is 23.8. The molecule has 11 nitrogen and oxygen atoms in total. The lowest BCUT2D eigenvalue weighted by atomic mass is 10.1. The third kappa shape index (κ3) is 5.21. The van der Waals surface area contributed by atoms with Crippen LogP contribution in [0.5, 0.6) is 5.88 Å². The third-order valence-electron chi connectivity index (χ3n) is 5.11. The molecule has 0 aliphatic heterocycles. The van der Waals surface area contributed by atoms with Crippen LogP contribution in [0.15, 0.2) is 71.5 Å². The Morgan fingerprint density at radius 3 is 2.59 bits per heavy atom. The van der Waals surface area contributed by atoms with Crippen molar-refractivity contribution in [2.24, 2.45) is 5.73 Å². The number of aromatic amines is 1. The molecule has 0 fully saturated rings. The van der Waals surface area contributed by atoms with Crippen molar-refractivity contribution in [1.29, 1.82) is 0 Å². The number of nitrogens with two attached hydrogens (primary N) is 1. The van der Waals surface area contributed by atoms with Gasteiger partial charge in [-0.15, -0.1) is 0 Å². The number of primary amides is 1. The highest BCUT2D eigenvalue weighted by Gasteiger charge is 2.20. The van der Waals surface area contributed by atoms with Crippen molar-refractivity contribution < 1.29 is 18.7 Å². The number of benzene rings is 2. The second kappa shape index (κ2) is 9.99. The molecule has 0 saturated heterocycles. The molecule has 184 valence electrons. The molecule has 0 saturated carbocycles. The number of ether oxygens (including phenoxy) is 1. The Morgan fingerprint density at radius 2 is 1.84 bits per heavy atom. The van der Waals surface area contributed by atoms with Crippen LogP contribution in [0.3, 0.4) is 0 Å². The summed E-state index contributed by atoms with van der Waals surface area (Å²) in [6, 6.07) is 14.7. The molecule has 37 heavy (non-hydrogen) atoms. The molecule has 5 rings (SSSR count). The highest BCUT2D eigenvalue weighted by molar-refractivity contribution is 9.10. The summed E-state index contributed by atoms with van der Waals surface area (Å²) in [5, 5.41) is 12.2. The summed E-state index contributed by atoms with van der Waals surface area (Å²) < 4.78 is 19.5. The van der Waals surface area contributed by atoms with Gasteiger partial charge in [0, 0.05) is 39.1 Å². The van der Waals surface area contributed by atoms with Gasteiger partial charge in [-0.2, -0.15) is 15.1 Å². The summed E-state index contributed by atoms with van der Waals surface area (Å²) in [5.74, 6) is -1.09. The molecule has 0 bridgehead atoms. The quantitative estimate of drug-likeness (QED) is 0.230. The summed E-state index contributed by atoms with van der Waals surface area (Å²) in [4.78, 5) is 37.4. The number of halogens is 2. The van der Waals surface area contributed by atoms with Gasteiger partial charge >= 0.3 is 6.09 Å². The van der Waals surface area contributed by atoms with Crippen molar-refractivity contribution in [3.63, 3.8) is 0 Å². The molecule has 0 aliphatic carbocycles. The molecule has 0 atom stereocenters. The van der Waals surface area contributed by atoms with Gasteiger partial charge in [0.2, 0.25) is 11.8 Å². The molecule has 2 amide bonds. The van der Waals surface area contributed by atoms with E-state index in [-0.39, 0.29) is 34.7 Å². The van der Waals surface area contributed by atoms with E-state index < -0.39 is 12.0 Å². The fraction of sp³-hybridized carbons (Fsp3) is 0. The summed E-state index contributed by atoms with van der Waals surface area (Å²) >= 11 is 3.51. The largest absolute Gasteiger partial charge is 0.419 e. The number of anilines is 3. The van der Waals surface area contributed by atoms with Crippen molar-refractivity contribution in [2.75, 3.05) is 10.6 Å². The number of carbonyl (C=O) groups excluding carboxylic acids is 2. The SMILES string of the molecule is NC(=O)c1c[nH]nc1NC(=O)Oc1nc2nc(Nc3ccc(F)cc3)ncc2cc1-c1ccccc1Br. The molecule has 3 aromatic heterocycles. The van der Waals surface area contributed by atoms with Crippen LogP contribution in [0, 0.1) is 5.82 Å². The highest BCUT2D eigenvalue weighted by atomic mass is 79.9. The van der Waals surface area contributed by atoms with Crippen LogP contribution >= 0.6 is 15.9 Å². The average Bonchev–Trinajstić information content (AvgIpc) is 3.34. The van der Waals surface area contributed by atoms with E-state index in [1.54, 1.807) is 24.4 Å². The second-order valence-electron chi connectivity index (χ2n) is 7.59. The van der Waals surface area contributed by atoms with Crippen LogP contribution in [-0.2, 0) is 0 Å². The van der Waals surface area contributed by atoms with E-state index in [4.69, 9.17) is 10.5 Å². The number of H-pyrrole nitrogens is 1. The van der Waals surface area contributed by atoms with Gasteiger partial charge in [0.1, 0.15) is 11.4 Å². The van der Waals surface area contributed by atoms with Gasteiger partial charge in [-0.25, -0.2) is 14.2 Å². The van der Waals surface area contributed by atoms with E-state index >= 15 is 0 Å². The van der Waals surface area contributed by atoms with Gasteiger partial charge in [-0.1, -0.05) is 34.1 Å². The average molecular weight is 563 g/mol. The first-order valence-corrected chi connectivity index (χ1v) is 11.4. The topological polar surface area (TPSA) is 161 Å². The van der Waals surface area contributed by atoms with Crippen LogP contribution in [0.1, 0.15) is 10.4 Å². The maximum atomic E-state index is 13.2. The number of carbonyl (C=O) groups is 2. The minimum atomic E-state index is -0.950. The Bertz CT molecular complexity index is 1640. The van der Waals surface area contributed by atoms with Crippen molar-refractivity contribution >= 4 is 56.4 Å². The van der Waals surface area contributed by atoms with Crippen LogP contribution < -0.4 is 21.1 Å². The number of fused-ring (bicyclic) bond motifs is 1. The van der Waals surface area contributed by atoms with Gasteiger partial charge in [-0.05, 0) is 36.4 Å². The predicted molar refractivity (Wildman–Crippen MR) is 137 cm³/mol. The second-order valence-corrected chi connectivity index (χ2v) is 8.44. The molecule has 5 N–H and O–H groups in total. The lowest BCUT2D eigenvalue weighted by molar-refractivity contribution is 0.100. The van der Waals surface area contributed by atoms with E-state index in [1.807, 2.05) is 24.3 Å². The smallest absolute Gasteiger partial charge is 0.390 e. The normalized spacial score (nSPS) is 10.8. The van der Waals surface area contributed by atoms with E-state index in [9.17, 15) is 14.0 Å². The van der Waals surface area contributed by atoms with Crippen LogP contribution in [0.2, 0.25) is 0 Å². The fourth-order valence-corrected chi connectivity index (χ4v) is 3.90. The van der Waals surface area contributed by atoms with Crippen molar-refractivity contribution in [3.8, 4) is 17.0 Å².